The predicted molar refractivity (Wildman–Crippen MR) is 101 cm³/mol. The molecule has 3 rings (SSSR count). The van der Waals surface area contributed by atoms with Crippen molar-refractivity contribution in [2.24, 2.45) is 29.2 Å². The molecule has 3 saturated heterocycles. The molecule has 0 radical (unpaired) electrons. The number of amides is 2. The summed E-state index contributed by atoms with van der Waals surface area (Å²) in [5.41, 5.74) is 12.1. The van der Waals surface area contributed by atoms with Crippen LogP contribution in [0.2, 0.25) is 0 Å². The molecule has 2 amide bonds. The van der Waals surface area contributed by atoms with E-state index in [1.54, 1.807) is 0 Å². The van der Waals surface area contributed by atoms with Gasteiger partial charge in [-0.1, -0.05) is 6.92 Å². The summed E-state index contributed by atoms with van der Waals surface area (Å²) in [4.78, 5) is 28.3. The van der Waals surface area contributed by atoms with Crippen LogP contribution >= 0.6 is 0 Å². The monoisotopic (exact) mass is 382 g/mol. The molecule has 27 heavy (non-hydrogen) atoms. The first-order valence-electron chi connectivity index (χ1n) is 10.4. The highest BCUT2D eigenvalue weighted by molar-refractivity contribution is 5.83. The minimum atomic E-state index is -0.475. The number of carbonyl (C=O) groups is 2. The zero-order chi connectivity index (χ0) is 19.7. The number of ether oxygens (including phenoxy) is 1. The summed E-state index contributed by atoms with van der Waals surface area (Å²) in [6, 6.07) is 0. The van der Waals surface area contributed by atoms with Gasteiger partial charge in [-0.3, -0.25) is 15.3 Å². The Morgan fingerprint density at radius 3 is 2.85 bits per heavy atom. The summed E-state index contributed by atoms with van der Waals surface area (Å²) < 4.78 is 5.66. The molecule has 3 aliphatic rings. The van der Waals surface area contributed by atoms with Crippen molar-refractivity contribution in [3.63, 3.8) is 0 Å². The third kappa shape index (κ3) is 4.13. The van der Waals surface area contributed by atoms with E-state index in [9.17, 15) is 9.59 Å². The van der Waals surface area contributed by atoms with Crippen LogP contribution in [-0.2, 0) is 14.3 Å². The molecular weight excluding hydrogens is 346 g/mol. The number of primary amides is 1. The molecule has 0 saturated carbocycles. The highest BCUT2D eigenvalue weighted by atomic mass is 16.5. The molecule has 3 fully saturated rings. The van der Waals surface area contributed by atoms with E-state index in [1.165, 1.54) is 0 Å². The first-order chi connectivity index (χ1) is 12.8. The fourth-order valence-corrected chi connectivity index (χ4v) is 5.04. The number of nitrogens with two attached hydrogens (primary N) is 2. The molecule has 0 bridgehead atoms. The Bertz CT molecular complexity index is 557. The van der Waals surface area contributed by atoms with Gasteiger partial charge in [0, 0.05) is 13.0 Å². The zero-order valence-electron chi connectivity index (χ0n) is 16.8. The van der Waals surface area contributed by atoms with Crippen LogP contribution in [0.4, 0.5) is 0 Å². The van der Waals surface area contributed by atoms with Gasteiger partial charge in [-0.2, -0.15) is 0 Å². The molecule has 154 valence electrons. The van der Waals surface area contributed by atoms with Crippen LogP contribution in [0.25, 0.3) is 0 Å². The molecule has 8 heteroatoms. The van der Waals surface area contributed by atoms with E-state index in [-0.39, 0.29) is 30.3 Å². The summed E-state index contributed by atoms with van der Waals surface area (Å²) in [5.74, 6) is -0.552. The number of piperidine rings is 2. The minimum absolute atomic E-state index is 0.0618. The van der Waals surface area contributed by atoms with Gasteiger partial charge in [0.25, 0.3) is 0 Å². The maximum atomic E-state index is 13.2. The van der Waals surface area contributed by atoms with Crippen molar-refractivity contribution < 1.29 is 19.2 Å². The van der Waals surface area contributed by atoms with Gasteiger partial charge in [0.2, 0.25) is 11.8 Å². The van der Waals surface area contributed by atoms with Crippen molar-refractivity contribution in [2.45, 2.75) is 71.1 Å². The van der Waals surface area contributed by atoms with E-state index in [2.05, 4.69) is 12.2 Å². The van der Waals surface area contributed by atoms with Gasteiger partial charge >= 0.3 is 0 Å². The number of hydrogen-bond donors (Lipinski definition) is 4. The molecule has 0 aromatic heterocycles. The molecule has 7 unspecified atom stereocenters. The van der Waals surface area contributed by atoms with E-state index in [0.717, 1.165) is 37.3 Å². The number of fused-ring (bicyclic) bond motifs is 2. The molecule has 6 N–H and O–H groups in total. The lowest BCUT2D eigenvalue weighted by Crippen LogP contribution is -3.26. The molecule has 0 aromatic carbocycles. The maximum absolute atomic E-state index is 13.2. The van der Waals surface area contributed by atoms with Gasteiger partial charge < -0.3 is 20.3 Å². The molecular formula is C19H36N5O3+. The first kappa shape index (κ1) is 20.5. The second-order valence-corrected chi connectivity index (χ2v) is 8.72. The maximum Gasteiger partial charge on any atom is 0.234 e. The Morgan fingerprint density at radius 2 is 2.19 bits per heavy atom. The van der Waals surface area contributed by atoms with Crippen LogP contribution < -0.4 is 21.7 Å². The van der Waals surface area contributed by atoms with E-state index in [0.29, 0.717) is 18.9 Å². The summed E-state index contributed by atoms with van der Waals surface area (Å²) in [6.07, 6.45) is 3.21. The van der Waals surface area contributed by atoms with Crippen LogP contribution in [0.15, 0.2) is 0 Å². The number of nitrogens with one attached hydrogen (secondary N) is 2. The second-order valence-electron chi connectivity index (χ2n) is 8.72. The topological polar surface area (TPSA) is 115 Å². The van der Waals surface area contributed by atoms with Crippen molar-refractivity contribution in [1.82, 2.24) is 10.2 Å². The van der Waals surface area contributed by atoms with Gasteiger partial charge in [-0.15, -0.1) is 0 Å². The van der Waals surface area contributed by atoms with Gasteiger partial charge in [-0.25, -0.2) is 5.32 Å². The lowest BCUT2D eigenvalue weighted by atomic mass is 9.79. The van der Waals surface area contributed by atoms with E-state index < -0.39 is 18.0 Å². The summed E-state index contributed by atoms with van der Waals surface area (Å²) in [7, 11) is 0. The number of carbonyl (C=O) groups excluding carboxylic acids is 2. The molecule has 3 aliphatic heterocycles. The Labute approximate surface area is 161 Å². The third-order valence-corrected chi connectivity index (χ3v) is 6.48. The smallest absolute Gasteiger partial charge is 0.234 e. The van der Waals surface area contributed by atoms with E-state index >= 15 is 0 Å². The Kier molecular flexibility index (Phi) is 6.40. The van der Waals surface area contributed by atoms with Gasteiger partial charge in [0.05, 0.1) is 25.4 Å². The predicted octanol–water partition coefficient (Wildman–Crippen LogP) is -1.39. The average Bonchev–Trinajstić information content (AvgIpc) is 2.60. The SMILES string of the molecule is CC(C)OCCC[NH+]1C(N)C(C(N)=O)CC2C(=O)N3CCCC(C)C3NC21. The Balaban J connectivity index is 1.78. The lowest BCUT2D eigenvalue weighted by Gasteiger charge is -2.54. The van der Waals surface area contributed by atoms with E-state index in [4.69, 9.17) is 16.2 Å². The molecule has 3 heterocycles. The molecule has 0 aliphatic carbocycles. The highest BCUT2D eigenvalue weighted by Gasteiger charge is 2.55. The number of likely N-dealkylation sites (tertiary alicyclic amines) is 1. The molecule has 7 atom stereocenters. The fraction of sp³-hybridized carbons (Fsp3) is 0.895. The van der Waals surface area contributed by atoms with Crippen LogP contribution in [0, 0.1) is 17.8 Å². The number of quaternary nitrogens is 1. The average molecular weight is 383 g/mol. The van der Waals surface area contributed by atoms with Crippen molar-refractivity contribution in [3.8, 4) is 0 Å². The molecule has 0 spiro atoms. The highest BCUT2D eigenvalue weighted by Crippen LogP contribution is 2.32. The van der Waals surface area contributed by atoms with E-state index in [1.807, 2.05) is 18.7 Å². The quantitative estimate of drug-likeness (QED) is 0.422. The van der Waals surface area contributed by atoms with Crippen LogP contribution in [0.3, 0.4) is 0 Å². The molecule has 8 nitrogen and oxygen atoms in total. The van der Waals surface area contributed by atoms with Crippen LogP contribution in [-0.4, -0.2) is 61.0 Å². The van der Waals surface area contributed by atoms with Crippen molar-refractivity contribution >= 4 is 11.8 Å². The molecule has 0 aromatic rings. The number of nitrogens with zero attached hydrogens (tertiary/aromatic N) is 1. The Morgan fingerprint density at radius 1 is 1.44 bits per heavy atom. The Hall–Kier alpha value is -1.22. The normalized spacial score (nSPS) is 39.2. The lowest BCUT2D eigenvalue weighted by molar-refractivity contribution is -0.965. The summed E-state index contributed by atoms with van der Waals surface area (Å²) in [5, 5.41) is 3.72. The summed E-state index contributed by atoms with van der Waals surface area (Å²) >= 11 is 0. The van der Waals surface area contributed by atoms with Gasteiger partial charge in [0.15, 0.2) is 12.3 Å². The largest absolute Gasteiger partial charge is 0.379 e. The zero-order valence-corrected chi connectivity index (χ0v) is 16.8. The van der Waals surface area contributed by atoms with Crippen molar-refractivity contribution in [3.05, 3.63) is 0 Å². The van der Waals surface area contributed by atoms with Crippen molar-refractivity contribution in [1.29, 1.82) is 0 Å². The summed E-state index contributed by atoms with van der Waals surface area (Å²) in [6.45, 7) is 8.40. The number of rotatable bonds is 6. The standard InChI is InChI=1S/C19H35N5O3/c1-11(2)27-9-5-8-23-15(20)13(16(21)25)10-14-18(23)22-17-12(3)6-4-7-24(17)19(14)26/h11-15,17-18,22H,4-10,20H2,1-3H3,(H2,21,25)/p+1. The van der Waals surface area contributed by atoms with Gasteiger partial charge in [0.1, 0.15) is 11.8 Å². The minimum Gasteiger partial charge on any atom is -0.379 e. The van der Waals surface area contributed by atoms with Gasteiger partial charge in [-0.05, 0) is 39.0 Å². The van der Waals surface area contributed by atoms with Crippen LogP contribution in [0.1, 0.15) is 46.5 Å². The number of hydrogen-bond acceptors (Lipinski definition) is 5. The first-order valence-corrected chi connectivity index (χ1v) is 10.4. The van der Waals surface area contributed by atoms with Crippen molar-refractivity contribution in [2.75, 3.05) is 19.7 Å². The van der Waals surface area contributed by atoms with Crippen LogP contribution in [0.5, 0.6) is 0 Å². The second kappa shape index (κ2) is 8.43. The third-order valence-electron chi connectivity index (χ3n) is 6.48. The fourth-order valence-electron chi connectivity index (χ4n) is 5.04.